The summed E-state index contributed by atoms with van der Waals surface area (Å²) in [4.78, 5) is 4.73. The Labute approximate surface area is 178 Å². The van der Waals surface area contributed by atoms with Crippen LogP contribution in [0, 0.1) is 5.82 Å². The van der Waals surface area contributed by atoms with Crippen molar-refractivity contribution in [1.82, 2.24) is 10.6 Å². The maximum atomic E-state index is 14.1. The van der Waals surface area contributed by atoms with Crippen molar-refractivity contribution in [2.45, 2.75) is 50.7 Å². The number of hydrogen-bond donors (Lipinski definition) is 2. The lowest BCUT2D eigenvalue weighted by Crippen LogP contribution is -2.45. The highest BCUT2D eigenvalue weighted by Crippen LogP contribution is 2.49. The lowest BCUT2D eigenvalue weighted by molar-refractivity contribution is 0.0347. The van der Waals surface area contributed by atoms with Gasteiger partial charge in [0.2, 0.25) is 0 Å². The molecule has 5 nitrogen and oxygen atoms in total. The van der Waals surface area contributed by atoms with E-state index in [2.05, 4.69) is 17.6 Å². The van der Waals surface area contributed by atoms with Crippen LogP contribution in [0.5, 0.6) is 0 Å². The van der Waals surface area contributed by atoms with Crippen LogP contribution in [0.25, 0.3) is 0 Å². The van der Waals surface area contributed by atoms with Crippen LogP contribution in [0.1, 0.15) is 38.7 Å². The third kappa shape index (κ3) is 6.29. The number of guanidine groups is 1. The zero-order valence-corrected chi connectivity index (χ0v) is 18.5. The van der Waals surface area contributed by atoms with Gasteiger partial charge >= 0.3 is 0 Å². The molecule has 0 aromatic heterocycles. The number of benzene rings is 1. The van der Waals surface area contributed by atoms with E-state index in [-0.39, 0.29) is 47.4 Å². The lowest BCUT2D eigenvalue weighted by Gasteiger charge is -2.21. The van der Waals surface area contributed by atoms with Gasteiger partial charge in [0.1, 0.15) is 5.82 Å². The Balaban J connectivity index is 0.00000261. The molecule has 2 aliphatic rings. The predicted octanol–water partition coefficient (Wildman–Crippen LogP) is 3.22. The van der Waals surface area contributed by atoms with E-state index in [4.69, 9.17) is 14.5 Å². The van der Waals surface area contributed by atoms with Crippen molar-refractivity contribution in [2.75, 3.05) is 32.9 Å². The van der Waals surface area contributed by atoms with Crippen molar-refractivity contribution in [1.29, 1.82) is 0 Å². The number of nitrogens with one attached hydrogen (secondary N) is 2. The first-order valence-electron chi connectivity index (χ1n) is 9.62. The van der Waals surface area contributed by atoms with Gasteiger partial charge in [0.25, 0.3) is 0 Å². The number of aliphatic imine (C=N–C) groups is 1. The Morgan fingerprint density at radius 3 is 2.81 bits per heavy atom. The van der Waals surface area contributed by atoms with Crippen LogP contribution in [-0.2, 0) is 14.9 Å². The van der Waals surface area contributed by atoms with E-state index in [0.717, 1.165) is 43.9 Å². The summed E-state index contributed by atoms with van der Waals surface area (Å²) in [6.45, 7) is 7.57. The number of nitrogens with zero attached hydrogens (tertiary/aromatic N) is 1. The summed E-state index contributed by atoms with van der Waals surface area (Å²) < 4.78 is 25.3. The molecule has 2 N–H and O–H groups in total. The topological polar surface area (TPSA) is 54.9 Å². The van der Waals surface area contributed by atoms with Gasteiger partial charge in [-0.2, -0.15) is 0 Å². The second-order valence-electron chi connectivity index (χ2n) is 7.32. The molecule has 0 amide bonds. The number of hydrogen-bond acceptors (Lipinski definition) is 3. The fraction of sp³-hybridized carbons (Fsp3) is 0.650. The Hall–Kier alpha value is -0.930. The molecule has 1 saturated heterocycles. The van der Waals surface area contributed by atoms with Crippen LogP contribution in [0.2, 0.25) is 0 Å². The Bertz CT molecular complexity index is 619. The molecule has 0 bridgehead atoms. The number of halogens is 2. The maximum Gasteiger partial charge on any atom is 0.191 e. The van der Waals surface area contributed by atoms with Crippen molar-refractivity contribution in [3.63, 3.8) is 0 Å². The first-order valence-corrected chi connectivity index (χ1v) is 9.62. The van der Waals surface area contributed by atoms with Crippen LogP contribution in [0.4, 0.5) is 4.39 Å². The fourth-order valence-corrected chi connectivity index (χ4v) is 3.31. The van der Waals surface area contributed by atoms with Crippen molar-refractivity contribution in [2.24, 2.45) is 4.99 Å². The second-order valence-corrected chi connectivity index (χ2v) is 7.32. The molecule has 7 heteroatoms. The Morgan fingerprint density at radius 1 is 1.41 bits per heavy atom. The number of ether oxygens (including phenoxy) is 2. The Morgan fingerprint density at radius 2 is 2.19 bits per heavy atom. The highest BCUT2D eigenvalue weighted by molar-refractivity contribution is 14.0. The normalized spacial score (nSPS) is 22.0. The van der Waals surface area contributed by atoms with Crippen LogP contribution < -0.4 is 10.6 Å². The smallest absolute Gasteiger partial charge is 0.191 e. The Kier molecular flexibility index (Phi) is 8.75. The highest BCUT2D eigenvalue weighted by Gasteiger charge is 2.45. The largest absolute Gasteiger partial charge is 0.379 e. The fourth-order valence-electron chi connectivity index (χ4n) is 3.31. The van der Waals surface area contributed by atoms with Gasteiger partial charge < -0.3 is 20.1 Å². The number of rotatable bonds is 8. The van der Waals surface area contributed by atoms with Crippen molar-refractivity contribution in [3.05, 3.63) is 35.6 Å². The minimum atomic E-state index is -0.144. The third-order valence-corrected chi connectivity index (χ3v) is 5.04. The van der Waals surface area contributed by atoms with E-state index < -0.39 is 0 Å². The first-order chi connectivity index (χ1) is 12.6. The SMILES string of the molecule is CCNC(=NCC1(c2ccccc2F)CC1)NC(C)COC1CCOC1.I. The molecule has 1 aromatic rings. The molecule has 1 aliphatic heterocycles. The van der Waals surface area contributed by atoms with Gasteiger partial charge in [-0.25, -0.2) is 4.39 Å². The maximum absolute atomic E-state index is 14.1. The predicted molar refractivity (Wildman–Crippen MR) is 116 cm³/mol. The van der Waals surface area contributed by atoms with E-state index in [1.165, 1.54) is 6.07 Å². The first kappa shape index (κ1) is 22.4. The molecule has 27 heavy (non-hydrogen) atoms. The molecule has 1 aliphatic carbocycles. The van der Waals surface area contributed by atoms with E-state index >= 15 is 0 Å². The summed E-state index contributed by atoms with van der Waals surface area (Å²) in [7, 11) is 0. The summed E-state index contributed by atoms with van der Waals surface area (Å²) >= 11 is 0. The molecule has 3 rings (SSSR count). The molecule has 1 aromatic carbocycles. The molecule has 0 spiro atoms. The minimum absolute atomic E-state index is 0. The summed E-state index contributed by atoms with van der Waals surface area (Å²) in [5.74, 6) is 0.632. The van der Waals surface area contributed by atoms with Crippen LogP contribution in [-0.4, -0.2) is 51.0 Å². The van der Waals surface area contributed by atoms with Crippen LogP contribution in [0.15, 0.2) is 29.3 Å². The zero-order chi connectivity index (χ0) is 18.4. The van der Waals surface area contributed by atoms with Crippen molar-refractivity contribution < 1.29 is 13.9 Å². The quantitative estimate of drug-likeness (QED) is 0.333. The monoisotopic (exact) mass is 491 g/mol. The standard InChI is InChI=1S/C20H30FN3O2.HI/c1-3-22-19(24-15(2)12-26-16-8-11-25-13-16)23-14-20(9-10-20)17-6-4-5-7-18(17)21;/h4-7,15-16H,3,8-14H2,1-2H3,(H2,22,23,24);1H. The molecule has 2 fully saturated rings. The van der Waals surface area contributed by atoms with E-state index in [1.54, 1.807) is 6.07 Å². The van der Waals surface area contributed by atoms with E-state index in [0.29, 0.717) is 19.8 Å². The van der Waals surface area contributed by atoms with E-state index in [1.807, 2.05) is 19.1 Å². The van der Waals surface area contributed by atoms with Crippen molar-refractivity contribution >= 4 is 29.9 Å². The van der Waals surface area contributed by atoms with Gasteiger partial charge in [0.05, 0.1) is 25.9 Å². The summed E-state index contributed by atoms with van der Waals surface area (Å²) in [5, 5.41) is 6.66. The summed E-state index contributed by atoms with van der Waals surface area (Å²) in [5.41, 5.74) is 0.645. The average molecular weight is 491 g/mol. The van der Waals surface area contributed by atoms with Gasteiger partial charge in [-0.15, -0.1) is 24.0 Å². The van der Waals surface area contributed by atoms with Gasteiger partial charge in [-0.3, -0.25) is 4.99 Å². The minimum Gasteiger partial charge on any atom is -0.379 e. The molecule has 152 valence electrons. The van der Waals surface area contributed by atoms with Gasteiger partial charge in [0.15, 0.2) is 5.96 Å². The molecule has 2 atom stereocenters. The van der Waals surface area contributed by atoms with Crippen LogP contribution in [0.3, 0.4) is 0 Å². The molecule has 1 saturated carbocycles. The molecule has 0 radical (unpaired) electrons. The summed E-state index contributed by atoms with van der Waals surface area (Å²) in [6, 6.07) is 7.20. The molecular formula is C20H31FIN3O2. The van der Waals surface area contributed by atoms with Gasteiger partial charge in [0, 0.05) is 24.6 Å². The highest BCUT2D eigenvalue weighted by atomic mass is 127. The lowest BCUT2D eigenvalue weighted by atomic mass is 9.95. The molecule has 2 unspecified atom stereocenters. The molecular weight excluding hydrogens is 460 g/mol. The van der Waals surface area contributed by atoms with Crippen LogP contribution >= 0.6 is 24.0 Å². The average Bonchev–Trinajstić information content (AvgIpc) is 3.23. The van der Waals surface area contributed by atoms with Gasteiger partial charge in [-0.05, 0) is 44.7 Å². The van der Waals surface area contributed by atoms with E-state index in [9.17, 15) is 4.39 Å². The van der Waals surface area contributed by atoms with Crippen molar-refractivity contribution in [3.8, 4) is 0 Å². The zero-order valence-electron chi connectivity index (χ0n) is 16.2. The van der Waals surface area contributed by atoms with Gasteiger partial charge in [-0.1, -0.05) is 18.2 Å². The second kappa shape index (κ2) is 10.6. The summed E-state index contributed by atoms with van der Waals surface area (Å²) in [6.07, 6.45) is 3.13. The molecule has 1 heterocycles. The third-order valence-electron chi connectivity index (χ3n) is 5.04.